The fourth-order valence-corrected chi connectivity index (χ4v) is 2.14. The van der Waals surface area contributed by atoms with Crippen LogP contribution >= 0.6 is 11.8 Å². The summed E-state index contributed by atoms with van der Waals surface area (Å²) < 4.78 is 5.46. The Morgan fingerprint density at radius 3 is 2.88 bits per heavy atom. The van der Waals surface area contributed by atoms with Gasteiger partial charge in [-0.1, -0.05) is 6.92 Å². The highest BCUT2D eigenvalue weighted by molar-refractivity contribution is 8.00. The summed E-state index contributed by atoms with van der Waals surface area (Å²) in [5.41, 5.74) is 0. The zero-order valence-corrected chi connectivity index (χ0v) is 10.2. The molecule has 6 heteroatoms. The largest absolute Gasteiger partial charge is 0.481 e. The summed E-state index contributed by atoms with van der Waals surface area (Å²) in [6.07, 6.45) is 1.02. The van der Waals surface area contributed by atoms with Crippen LogP contribution < -0.4 is 0 Å². The van der Waals surface area contributed by atoms with Gasteiger partial charge in [-0.2, -0.15) is 0 Å². The molecule has 0 spiro atoms. The van der Waals surface area contributed by atoms with E-state index >= 15 is 0 Å². The fraction of sp³-hybridized carbons (Fsp3) is 0.800. The van der Waals surface area contributed by atoms with Crippen LogP contribution in [0.3, 0.4) is 0 Å². The summed E-state index contributed by atoms with van der Waals surface area (Å²) in [6, 6.07) is 0. The molecule has 92 valence electrons. The van der Waals surface area contributed by atoms with E-state index in [1.165, 1.54) is 0 Å². The average Bonchev–Trinajstić information content (AvgIpc) is 2.28. The second kappa shape index (κ2) is 6.75. The first-order valence-electron chi connectivity index (χ1n) is 5.32. The van der Waals surface area contributed by atoms with Crippen LogP contribution in [0.1, 0.15) is 13.3 Å². The maximum Gasteiger partial charge on any atom is 0.313 e. The number of amides is 1. The molecule has 0 bridgehead atoms. The van der Waals surface area contributed by atoms with Crippen LogP contribution in [-0.4, -0.2) is 59.2 Å². The summed E-state index contributed by atoms with van der Waals surface area (Å²) >= 11 is 1.14. The van der Waals surface area contributed by atoms with Crippen molar-refractivity contribution in [3.8, 4) is 0 Å². The van der Waals surface area contributed by atoms with Crippen LogP contribution in [0.5, 0.6) is 0 Å². The number of carbonyl (C=O) groups excluding carboxylic acids is 1. The minimum absolute atomic E-state index is 0.00741. The van der Waals surface area contributed by atoms with Gasteiger partial charge in [0.2, 0.25) is 5.91 Å². The van der Waals surface area contributed by atoms with E-state index in [2.05, 4.69) is 0 Å². The van der Waals surface area contributed by atoms with Crippen molar-refractivity contribution in [3.05, 3.63) is 0 Å². The predicted octanol–water partition coefficient (Wildman–Crippen LogP) is 0.442. The Morgan fingerprint density at radius 1 is 1.50 bits per heavy atom. The molecule has 1 rings (SSSR count). The van der Waals surface area contributed by atoms with Crippen molar-refractivity contribution < 1.29 is 19.4 Å². The molecule has 0 aromatic carbocycles. The molecule has 1 fully saturated rings. The molecule has 5 nitrogen and oxygen atoms in total. The van der Waals surface area contributed by atoms with E-state index in [0.717, 1.165) is 18.2 Å². The normalized spacial score (nSPS) is 20.8. The van der Waals surface area contributed by atoms with Gasteiger partial charge in [-0.25, -0.2) is 0 Å². The third-order valence-electron chi connectivity index (χ3n) is 2.40. The van der Waals surface area contributed by atoms with Crippen molar-refractivity contribution in [2.24, 2.45) is 0 Å². The Labute approximate surface area is 99.1 Å². The molecule has 0 radical (unpaired) electrons. The van der Waals surface area contributed by atoms with E-state index < -0.39 is 5.97 Å². The first-order valence-corrected chi connectivity index (χ1v) is 6.48. The lowest BCUT2D eigenvalue weighted by molar-refractivity contribution is -0.135. The number of morpholine rings is 1. The van der Waals surface area contributed by atoms with Crippen molar-refractivity contribution in [1.29, 1.82) is 0 Å². The number of carboxylic acids is 1. The second-order valence-electron chi connectivity index (χ2n) is 3.63. The smallest absolute Gasteiger partial charge is 0.313 e. The van der Waals surface area contributed by atoms with Crippen LogP contribution in [0, 0.1) is 0 Å². The molecular weight excluding hydrogens is 230 g/mol. The highest BCUT2D eigenvalue weighted by Crippen LogP contribution is 2.10. The topological polar surface area (TPSA) is 66.8 Å². The molecule has 1 unspecified atom stereocenters. The van der Waals surface area contributed by atoms with Gasteiger partial charge in [0.15, 0.2) is 0 Å². The number of hydrogen-bond donors (Lipinski definition) is 1. The number of carboxylic acid groups (broad SMARTS) is 1. The number of carbonyl (C=O) groups is 2. The van der Waals surface area contributed by atoms with Gasteiger partial charge < -0.3 is 14.7 Å². The molecule has 1 aliphatic heterocycles. The molecule has 1 heterocycles. The molecule has 1 amide bonds. The van der Waals surface area contributed by atoms with Crippen molar-refractivity contribution in [2.75, 3.05) is 31.2 Å². The number of thioether (sulfide) groups is 1. The summed E-state index contributed by atoms with van der Waals surface area (Å²) in [4.78, 5) is 23.7. The van der Waals surface area contributed by atoms with Crippen molar-refractivity contribution in [3.63, 3.8) is 0 Å². The first kappa shape index (κ1) is 13.3. The molecule has 1 N–H and O–H groups in total. The zero-order valence-electron chi connectivity index (χ0n) is 9.35. The molecule has 0 aromatic heterocycles. The standard InChI is InChI=1S/C10H17NO4S/c1-2-8-5-11(3-4-15-8)9(12)6-16-7-10(13)14/h8H,2-7H2,1H3,(H,13,14). The maximum atomic E-state index is 11.7. The summed E-state index contributed by atoms with van der Waals surface area (Å²) in [5.74, 6) is -0.657. The molecule has 1 atom stereocenters. The van der Waals surface area contributed by atoms with Crippen LogP contribution in [0.4, 0.5) is 0 Å². The van der Waals surface area contributed by atoms with Crippen LogP contribution in [0.25, 0.3) is 0 Å². The van der Waals surface area contributed by atoms with Gasteiger partial charge in [-0.05, 0) is 6.42 Å². The lowest BCUT2D eigenvalue weighted by Gasteiger charge is -2.32. The first-order chi connectivity index (χ1) is 7.63. The van der Waals surface area contributed by atoms with E-state index in [0.29, 0.717) is 19.7 Å². The van der Waals surface area contributed by atoms with Gasteiger partial charge >= 0.3 is 5.97 Å². The van der Waals surface area contributed by atoms with E-state index in [1.807, 2.05) is 6.92 Å². The summed E-state index contributed by atoms with van der Waals surface area (Å²) in [5, 5.41) is 8.45. The maximum absolute atomic E-state index is 11.7. The third-order valence-corrected chi connectivity index (χ3v) is 3.30. The Balaban J connectivity index is 2.27. The fourth-order valence-electron chi connectivity index (χ4n) is 1.51. The van der Waals surface area contributed by atoms with Gasteiger partial charge in [0.05, 0.1) is 24.2 Å². The minimum Gasteiger partial charge on any atom is -0.481 e. The highest BCUT2D eigenvalue weighted by Gasteiger charge is 2.22. The van der Waals surface area contributed by atoms with Gasteiger partial charge in [-0.15, -0.1) is 11.8 Å². The Kier molecular flexibility index (Phi) is 5.62. The highest BCUT2D eigenvalue weighted by atomic mass is 32.2. The van der Waals surface area contributed by atoms with Crippen molar-refractivity contribution in [2.45, 2.75) is 19.4 Å². The molecular formula is C10H17NO4S. The number of ether oxygens (including phenoxy) is 1. The number of hydrogen-bond acceptors (Lipinski definition) is 4. The molecule has 0 aliphatic carbocycles. The molecule has 0 aromatic rings. The number of aliphatic carboxylic acids is 1. The van der Waals surface area contributed by atoms with Gasteiger partial charge in [-0.3, -0.25) is 9.59 Å². The molecule has 0 saturated carbocycles. The quantitative estimate of drug-likeness (QED) is 0.763. The van der Waals surface area contributed by atoms with E-state index in [9.17, 15) is 9.59 Å². The van der Waals surface area contributed by atoms with Gasteiger partial charge in [0.25, 0.3) is 0 Å². The molecule has 1 aliphatic rings. The van der Waals surface area contributed by atoms with E-state index in [1.54, 1.807) is 4.90 Å². The van der Waals surface area contributed by atoms with Gasteiger partial charge in [0, 0.05) is 13.1 Å². The second-order valence-corrected chi connectivity index (χ2v) is 4.61. The molecule has 16 heavy (non-hydrogen) atoms. The Bertz CT molecular complexity index is 259. The number of rotatable bonds is 5. The summed E-state index contributed by atoms with van der Waals surface area (Å²) in [6.45, 7) is 3.84. The SMILES string of the molecule is CCC1CN(C(=O)CSCC(=O)O)CCO1. The van der Waals surface area contributed by atoms with Gasteiger partial charge in [0.1, 0.15) is 0 Å². The lowest BCUT2D eigenvalue weighted by atomic mass is 10.2. The van der Waals surface area contributed by atoms with Crippen molar-refractivity contribution in [1.82, 2.24) is 4.90 Å². The Hall–Kier alpha value is -0.750. The zero-order chi connectivity index (χ0) is 12.0. The van der Waals surface area contributed by atoms with Crippen LogP contribution in [-0.2, 0) is 14.3 Å². The third kappa shape index (κ3) is 4.40. The number of nitrogens with zero attached hydrogens (tertiary/aromatic N) is 1. The van der Waals surface area contributed by atoms with Crippen LogP contribution in [0.2, 0.25) is 0 Å². The summed E-state index contributed by atoms with van der Waals surface area (Å²) in [7, 11) is 0. The minimum atomic E-state index is -0.883. The van der Waals surface area contributed by atoms with Crippen LogP contribution in [0.15, 0.2) is 0 Å². The van der Waals surface area contributed by atoms with E-state index in [-0.39, 0.29) is 23.5 Å². The monoisotopic (exact) mass is 247 g/mol. The Morgan fingerprint density at radius 2 is 2.25 bits per heavy atom. The van der Waals surface area contributed by atoms with E-state index in [4.69, 9.17) is 9.84 Å². The average molecular weight is 247 g/mol. The lowest BCUT2D eigenvalue weighted by Crippen LogP contribution is -2.46. The molecule has 1 saturated heterocycles. The predicted molar refractivity (Wildman–Crippen MR) is 61.6 cm³/mol. The van der Waals surface area contributed by atoms with Crippen molar-refractivity contribution >= 4 is 23.6 Å².